The second kappa shape index (κ2) is 9.77. The van der Waals surface area contributed by atoms with Crippen molar-refractivity contribution >= 4 is 34.2 Å². The number of nitrogens with one attached hydrogen (secondary N) is 3. The number of imidazole rings is 1. The summed E-state index contributed by atoms with van der Waals surface area (Å²) >= 11 is 0. The van der Waals surface area contributed by atoms with Crippen molar-refractivity contribution in [3.63, 3.8) is 0 Å². The number of carbonyl (C=O) groups is 2. The van der Waals surface area contributed by atoms with Crippen LogP contribution in [0.1, 0.15) is 64.2 Å². The summed E-state index contributed by atoms with van der Waals surface area (Å²) in [6, 6.07) is 13.6. The third-order valence-corrected chi connectivity index (χ3v) is 7.13. The van der Waals surface area contributed by atoms with Crippen LogP contribution in [-0.2, 0) is 9.59 Å². The lowest BCUT2D eigenvalue weighted by molar-refractivity contribution is -0.121. The van der Waals surface area contributed by atoms with Gasteiger partial charge in [0.15, 0.2) is 0 Å². The van der Waals surface area contributed by atoms with Crippen molar-refractivity contribution in [2.75, 3.05) is 10.6 Å². The van der Waals surface area contributed by atoms with Gasteiger partial charge in [-0.2, -0.15) is 0 Å². The molecule has 172 valence electrons. The number of rotatable bonds is 5. The first-order chi connectivity index (χ1) is 16.2. The maximum absolute atomic E-state index is 12.6. The molecule has 2 aromatic carbocycles. The Morgan fingerprint density at radius 1 is 0.727 bits per heavy atom. The highest BCUT2D eigenvalue weighted by Gasteiger charge is 2.22. The third-order valence-electron chi connectivity index (χ3n) is 7.13. The van der Waals surface area contributed by atoms with Crippen LogP contribution in [0.2, 0.25) is 0 Å². The normalized spacial score (nSPS) is 17.7. The highest BCUT2D eigenvalue weighted by molar-refractivity contribution is 5.95. The van der Waals surface area contributed by atoms with Crippen LogP contribution >= 0.6 is 0 Å². The average molecular weight is 445 g/mol. The fraction of sp³-hybridized carbons (Fsp3) is 0.444. The van der Waals surface area contributed by atoms with E-state index in [0.717, 1.165) is 85.2 Å². The SMILES string of the molecule is O=C(Nc1ccc(-c2nc3ccc(NC(=O)C4CCCCC4)cc3[nH]2)cc1)C1CCCCC1. The summed E-state index contributed by atoms with van der Waals surface area (Å²) in [7, 11) is 0. The molecule has 2 aliphatic carbocycles. The highest BCUT2D eigenvalue weighted by Crippen LogP contribution is 2.28. The lowest BCUT2D eigenvalue weighted by atomic mass is 9.88. The number of benzene rings is 2. The number of hydrogen-bond acceptors (Lipinski definition) is 3. The fourth-order valence-corrected chi connectivity index (χ4v) is 5.15. The number of nitrogens with zero attached hydrogens (tertiary/aromatic N) is 1. The van der Waals surface area contributed by atoms with Crippen LogP contribution in [0.15, 0.2) is 42.5 Å². The molecule has 33 heavy (non-hydrogen) atoms. The van der Waals surface area contributed by atoms with Crippen molar-refractivity contribution in [2.24, 2.45) is 11.8 Å². The standard InChI is InChI=1S/C27H32N4O2/c32-26(19-7-3-1-4-8-19)28-21-13-11-18(12-14-21)25-30-23-16-15-22(17-24(23)31-25)29-27(33)20-9-5-2-6-10-20/h11-17,19-20H,1-10H2,(H,28,32)(H,29,33)(H,30,31). The molecule has 3 aromatic rings. The van der Waals surface area contributed by atoms with Crippen molar-refractivity contribution in [1.29, 1.82) is 0 Å². The molecular weight excluding hydrogens is 412 g/mol. The fourth-order valence-electron chi connectivity index (χ4n) is 5.15. The van der Waals surface area contributed by atoms with Crippen LogP contribution in [0.25, 0.3) is 22.4 Å². The topological polar surface area (TPSA) is 86.9 Å². The minimum atomic E-state index is 0.125. The zero-order valence-electron chi connectivity index (χ0n) is 19.0. The average Bonchev–Trinajstić information content (AvgIpc) is 3.29. The van der Waals surface area contributed by atoms with Crippen LogP contribution in [0, 0.1) is 11.8 Å². The van der Waals surface area contributed by atoms with Crippen molar-refractivity contribution in [1.82, 2.24) is 9.97 Å². The van der Waals surface area contributed by atoms with E-state index in [4.69, 9.17) is 4.98 Å². The molecule has 2 aliphatic rings. The Hall–Kier alpha value is -3.15. The second-order valence-corrected chi connectivity index (χ2v) is 9.54. The maximum atomic E-state index is 12.6. The largest absolute Gasteiger partial charge is 0.338 e. The zero-order valence-corrected chi connectivity index (χ0v) is 19.0. The van der Waals surface area contributed by atoms with E-state index < -0.39 is 0 Å². The molecule has 0 unspecified atom stereocenters. The molecule has 3 N–H and O–H groups in total. The first kappa shape index (κ1) is 21.7. The molecule has 1 aromatic heterocycles. The molecule has 0 spiro atoms. The van der Waals surface area contributed by atoms with Crippen LogP contribution in [0.3, 0.4) is 0 Å². The maximum Gasteiger partial charge on any atom is 0.227 e. The van der Waals surface area contributed by atoms with Gasteiger partial charge in [-0.3, -0.25) is 9.59 Å². The highest BCUT2D eigenvalue weighted by atomic mass is 16.2. The van der Waals surface area contributed by atoms with Gasteiger partial charge in [0.2, 0.25) is 11.8 Å². The Bertz CT molecular complexity index is 1120. The predicted octanol–water partition coefficient (Wildman–Crippen LogP) is 6.27. The van der Waals surface area contributed by atoms with E-state index >= 15 is 0 Å². The first-order valence-corrected chi connectivity index (χ1v) is 12.4. The molecule has 6 nitrogen and oxygen atoms in total. The van der Waals surface area contributed by atoms with Gasteiger partial charge in [-0.05, 0) is 68.1 Å². The Morgan fingerprint density at radius 2 is 1.27 bits per heavy atom. The number of H-pyrrole nitrogens is 1. The summed E-state index contributed by atoms with van der Waals surface area (Å²) in [5.74, 6) is 1.30. The van der Waals surface area contributed by atoms with Gasteiger partial charge in [0.25, 0.3) is 0 Å². The van der Waals surface area contributed by atoms with Crippen LogP contribution < -0.4 is 10.6 Å². The number of aromatic nitrogens is 2. The van der Waals surface area contributed by atoms with Crippen LogP contribution in [0.4, 0.5) is 11.4 Å². The molecule has 1 heterocycles. The van der Waals surface area contributed by atoms with Crippen molar-refractivity contribution in [3.8, 4) is 11.4 Å². The van der Waals surface area contributed by atoms with Crippen LogP contribution in [-0.4, -0.2) is 21.8 Å². The summed E-state index contributed by atoms with van der Waals surface area (Å²) < 4.78 is 0. The van der Waals surface area contributed by atoms with Crippen molar-refractivity contribution < 1.29 is 9.59 Å². The van der Waals surface area contributed by atoms with Crippen molar-refractivity contribution in [2.45, 2.75) is 64.2 Å². The van der Waals surface area contributed by atoms with E-state index in [9.17, 15) is 9.59 Å². The molecule has 5 rings (SSSR count). The number of anilines is 2. The van der Waals surface area contributed by atoms with E-state index in [0.29, 0.717) is 0 Å². The minimum Gasteiger partial charge on any atom is -0.338 e. The first-order valence-electron chi connectivity index (χ1n) is 12.4. The molecule has 2 amide bonds. The Kier molecular flexibility index (Phi) is 6.42. The molecule has 0 radical (unpaired) electrons. The van der Waals surface area contributed by atoms with Crippen LogP contribution in [0.5, 0.6) is 0 Å². The van der Waals surface area contributed by atoms with Gasteiger partial charge in [0, 0.05) is 28.8 Å². The summed E-state index contributed by atoms with van der Waals surface area (Å²) in [4.78, 5) is 33.1. The van der Waals surface area contributed by atoms with Crippen molar-refractivity contribution in [3.05, 3.63) is 42.5 Å². The lowest BCUT2D eigenvalue weighted by Gasteiger charge is -2.20. The van der Waals surface area contributed by atoms with E-state index in [1.807, 2.05) is 42.5 Å². The lowest BCUT2D eigenvalue weighted by Crippen LogP contribution is -2.24. The quantitative estimate of drug-likeness (QED) is 0.433. The van der Waals surface area contributed by atoms with Gasteiger partial charge in [-0.15, -0.1) is 0 Å². The summed E-state index contributed by atoms with van der Waals surface area (Å²) in [5.41, 5.74) is 4.32. The van der Waals surface area contributed by atoms with Gasteiger partial charge >= 0.3 is 0 Å². The van der Waals surface area contributed by atoms with E-state index in [-0.39, 0.29) is 23.7 Å². The zero-order chi connectivity index (χ0) is 22.6. The van der Waals surface area contributed by atoms with Gasteiger partial charge in [-0.25, -0.2) is 4.98 Å². The number of fused-ring (bicyclic) bond motifs is 1. The summed E-state index contributed by atoms with van der Waals surface area (Å²) in [6.45, 7) is 0. The van der Waals surface area contributed by atoms with Gasteiger partial charge < -0.3 is 15.6 Å². The van der Waals surface area contributed by atoms with E-state index in [1.165, 1.54) is 12.8 Å². The van der Waals surface area contributed by atoms with E-state index in [2.05, 4.69) is 15.6 Å². The Labute approximate surface area is 194 Å². The molecule has 0 aliphatic heterocycles. The summed E-state index contributed by atoms with van der Waals surface area (Å²) in [6.07, 6.45) is 11.0. The molecule has 0 atom stereocenters. The van der Waals surface area contributed by atoms with Gasteiger partial charge in [-0.1, -0.05) is 38.5 Å². The second-order valence-electron chi connectivity index (χ2n) is 9.54. The molecule has 2 fully saturated rings. The van der Waals surface area contributed by atoms with Gasteiger partial charge in [0.05, 0.1) is 11.0 Å². The smallest absolute Gasteiger partial charge is 0.227 e. The number of carbonyl (C=O) groups excluding carboxylic acids is 2. The Balaban J connectivity index is 1.25. The molecule has 0 bridgehead atoms. The molecular formula is C27H32N4O2. The predicted molar refractivity (Wildman–Crippen MR) is 132 cm³/mol. The summed E-state index contributed by atoms with van der Waals surface area (Å²) in [5, 5.41) is 6.14. The number of hydrogen-bond donors (Lipinski definition) is 3. The number of amides is 2. The molecule has 2 saturated carbocycles. The number of aromatic amines is 1. The monoisotopic (exact) mass is 444 g/mol. The minimum absolute atomic E-state index is 0.125. The third kappa shape index (κ3) is 5.10. The Morgan fingerprint density at radius 3 is 1.88 bits per heavy atom. The molecule has 0 saturated heterocycles. The van der Waals surface area contributed by atoms with E-state index in [1.54, 1.807) is 0 Å². The molecule has 6 heteroatoms. The van der Waals surface area contributed by atoms with Gasteiger partial charge in [0.1, 0.15) is 5.82 Å².